The first-order chi connectivity index (χ1) is 14.2. The van der Waals surface area contributed by atoms with Gasteiger partial charge in [-0.3, -0.25) is 0 Å². The topological polar surface area (TPSA) is 174 Å². The van der Waals surface area contributed by atoms with Gasteiger partial charge in [0.15, 0.2) is 17.3 Å². The fourth-order valence-electron chi connectivity index (χ4n) is 3.18. The minimum Gasteiger partial charge on any atom is -0.575 e. The monoisotopic (exact) mass is 407 g/mol. The third-order valence-electron chi connectivity index (χ3n) is 4.50. The molecule has 0 fully saturated rings. The third kappa shape index (κ3) is 3.52. The van der Waals surface area contributed by atoms with Gasteiger partial charge in [0.2, 0.25) is 6.79 Å². The molecule has 0 bridgehead atoms. The number of carbonyl (C=O) groups excluding carboxylic acids is 1. The molecular formula is C20H15N4O6-. The summed E-state index contributed by atoms with van der Waals surface area (Å²) in [5, 5.41) is 40.8. The highest BCUT2D eigenvalue weighted by Crippen LogP contribution is 2.43. The van der Waals surface area contributed by atoms with Crippen LogP contribution in [0.2, 0.25) is 0 Å². The number of esters is 1. The van der Waals surface area contributed by atoms with Crippen molar-refractivity contribution in [3.63, 3.8) is 0 Å². The summed E-state index contributed by atoms with van der Waals surface area (Å²) in [4.78, 5) is 12.7. The van der Waals surface area contributed by atoms with Crippen molar-refractivity contribution >= 4 is 5.97 Å². The molecule has 0 aliphatic carbocycles. The molecule has 10 heteroatoms. The number of nitrogens with two attached hydrogens (primary N) is 1. The molecule has 2 N–H and O–H groups in total. The Balaban J connectivity index is 2.24. The van der Waals surface area contributed by atoms with Crippen LogP contribution in [0.1, 0.15) is 25.3 Å². The Morgan fingerprint density at radius 3 is 2.43 bits per heavy atom. The molecule has 0 aromatic heterocycles. The zero-order valence-electron chi connectivity index (χ0n) is 16.0. The second kappa shape index (κ2) is 7.57. The minimum absolute atomic E-state index is 0.0188. The van der Waals surface area contributed by atoms with Gasteiger partial charge in [0, 0.05) is 5.92 Å². The van der Waals surface area contributed by atoms with E-state index in [4.69, 9.17) is 35.2 Å². The molecule has 3 rings (SSSR count). The number of nitrogens with zero attached hydrogens (tertiary/aromatic N) is 3. The number of fused-ring (bicyclic) bond motifs is 1. The van der Waals surface area contributed by atoms with Crippen LogP contribution in [0.3, 0.4) is 0 Å². The molecule has 2 heterocycles. The SMILES string of the molecule is CC1(C)OC(=O)C([C@@H](c2ccc3c(c2)OCO3)[C@H](C#N)C(N)=C(C#N)C#N)=C([O-])O1. The van der Waals surface area contributed by atoms with Crippen LogP contribution in [-0.2, 0) is 14.3 Å². The largest absolute Gasteiger partial charge is 0.575 e. The Bertz CT molecular complexity index is 1080. The van der Waals surface area contributed by atoms with E-state index in [1.165, 1.54) is 26.0 Å². The average molecular weight is 407 g/mol. The van der Waals surface area contributed by atoms with Crippen LogP contribution < -0.4 is 20.3 Å². The molecule has 0 saturated carbocycles. The number of benzene rings is 1. The Kier molecular flexibility index (Phi) is 5.14. The fraction of sp³-hybridized carbons (Fsp3) is 0.300. The molecule has 2 atom stereocenters. The van der Waals surface area contributed by atoms with E-state index in [1.807, 2.05) is 6.07 Å². The van der Waals surface area contributed by atoms with Gasteiger partial charge in [-0.1, -0.05) is 6.07 Å². The van der Waals surface area contributed by atoms with E-state index in [0.29, 0.717) is 11.5 Å². The molecule has 0 radical (unpaired) electrons. The summed E-state index contributed by atoms with van der Waals surface area (Å²) in [6, 6.07) is 9.64. The second-order valence-corrected chi connectivity index (χ2v) is 6.84. The molecule has 1 aromatic rings. The Labute approximate surface area is 171 Å². The first kappa shape index (κ1) is 20.4. The first-order valence-corrected chi connectivity index (χ1v) is 8.65. The first-order valence-electron chi connectivity index (χ1n) is 8.65. The number of hydrogen-bond acceptors (Lipinski definition) is 10. The summed E-state index contributed by atoms with van der Waals surface area (Å²) in [5.74, 6) is -5.44. The summed E-state index contributed by atoms with van der Waals surface area (Å²) in [6.07, 6.45) is 0. The molecule has 0 amide bonds. The number of carbonyl (C=O) groups is 1. The number of ether oxygens (including phenoxy) is 4. The molecule has 1 aromatic carbocycles. The van der Waals surface area contributed by atoms with Crippen LogP contribution in [-0.4, -0.2) is 18.5 Å². The van der Waals surface area contributed by atoms with E-state index < -0.39 is 40.7 Å². The minimum atomic E-state index is -1.49. The molecule has 0 spiro atoms. The highest BCUT2D eigenvalue weighted by Gasteiger charge is 2.40. The lowest BCUT2D eigenvalue weighted by Crippen LogP contribution is -2.42. The van der Waals surface area contributed by atoms with Crippen molar-refractivity contribution in [2.75, 3.05) is 6.79 Å². The van der Waals surface area contributed by atoms with Crippen molar-refractivity contribution < 1.29 is 28.8 Å². The van der Waals surface area contributed by atoms with Crippen LogP contribution >= 0.6 is 0 Å². The Hall–Kier alpha value is -4.36. The lowest BCUT2D eigenvalue weighted by atomic mass is 9.78. The second-order valence-electron chi connectivity index (χ2n) is 6.84. The number of cyclic esters (lactones) is 1. The van der Waals surface area contributed by atoms with E-state index in [2.05, 4.69) is 0 Å². The molecule has 152 valence electrons. The van der Waals surface area contributed by atoms with E-state index in [1.54, 1.807) is 18.2 Å². The van der Waals surface area contributed by atoms with Crippen molar-refractivity contribution in [2.45, 2.75) is 25.6 Å². The van der Waals surface area contributed by atoms with Gasteiger partial charge in [0.25, 0.3) is 0 Å². The molecule has 0 unspecified atom stereocenters. The molecule has 0 saturated heterocycles. The maximum absolute atomic E-state index is 12.7. The van der Waals surface area contributed by atoms with E-state index >= 15 is 0 Å². The zero-order chi connectivity index (χ0) is 22.1. The van der Waals surface area contributed by atoms with Crippen LogP contribution in [0.4, 0.5) is 0 Å². The Morgan fingerprint density at radius 2 is 1.83 bits per heavy atom. The molecule has 30 heavy (non-hydrogen) atoms. The van der Waals surface area contributed by atoms with Gasteiger partial charge >= 0.3 is 5.97 Å². The smallest absolute Gasteiger partial charge is 0.337 e. The number of rotatable bonds is 4. The standard InChI is InChI=1S/C20H16N4O6/c1-20(2)29-18(25)16(19(26)30-20)15(12(8-23)17(24)11(6-21)7-22)10-3-4-13-14(5-10)28-9-27-13/h3-5,12,15,25H,9,24H2,1-2H3/p-1/t12-,15-/m0/s1. The summed E-state index contributed by atoms with van der Waals surface area (Å²) in [5.41, 5.74) is 4.84. The van der Waals surface area contributed by atoms with E-state index in [9.17, 15) is 15.2 Å². The highest BCUT2D eigenvalue weighted by molar-refractivity contribution is 5.91. The van der Waals surface area contributed by atoms with Gasteiger partial charge in [-0.05, 0) is 31.5 Å². The molecular weight excluding hydrogens is 392 g/mol. The quantitative estimate of drug-likeness (QED) is 0.554. The maximum atomic E-state index is 12.7. The van der Waals surface area contributed by atoms with Crippen molar-refractivity contribution in [3.8, 4) is 29.7 Å². The predicted molar refractivity (Wildman–Crippen MR) is 95.1 cm³/mol. The summed E-state index contributed by atoms with van der Waals surface area (Å²) < 4.78 is 20.9. The van der Waals surface area contributed by atoms with Gasteiger partial charge in [0.1, 0.15) is 17.7 Å². The molecule has 10 nitrogen and oxygen atoms in total. The average Bonchev–Trinajstić information content (AvgIpc) is 3.14. The van der Waals surface area contributed by atoms with Gasteiger partial charge < -0.3 is 29.8 Å². The fourth-order valence-corrected chi connectivity index (χ4v) is 3.18. The predicted octanol–water partition coefficient (Wildman–Crippen LogP) is 0.780. The van der Waals surface area contributed by atoms with Gasteiger partial charge in [-0.2, -0.15) is 15.8 Å². The normalized spacial score (nSPS) is 18.0. The number of allylic oxidation sites excluding steroid dienone is 2. The Morgan fingerprint density at radius 1 is 1.17 bits per heavy atom. The van der Waals surface area contributed by atoms with Crippen LogP contribution in [0.5, 0.6) is 11.5 Å². The third-order valence-corrected chi connectivity index (χ3v) is 4.50. The lowest BCUT2D eigenvalue weighted by Gasteiger charge is -2.41. The van der Waals surface area contributed by atoms with Crippen molar-refractivity contribution in [1.82, 2.24) is 0 Å². The highest BCUT2D eigenvalue weighted by atomic mass is 16.8. The van der Waals surface area contributed by atoms with Gasteiger partial charge in [-0.25, -0.2) is 4.79 Å². The van der Waals surface area contributed by atoms with Crippen molar-refractivity contribution in [2.24, 2.45) is 11.7 Å². The zero-order valence-corrected chi connectivity index (χ0v) is 16.0. The van der Waals surface area contributed by atoms with Gasteiger partial charge in [0.05, 0.1) is 29.2 Å². The number of hydrogen-bond donors (Lipinski definition) is 1. The molecule has 2 aliphatic rings. The number of nitriles is 3. The van der Waals surface area contributed by atoms with Crippen LogP contribution in [0.25, 0.3) is 0 Å². The molecule has 2 aliphatic heterocycles. The summed E-state index contributed by atoms with van der Waals surface area (Å²) in [6.45, 7) is 2.75. The van der Waals surface area contributed by atoms with Gasteiger partial charge in [-0.15, -0.1) is 0 Å². The van der Waals surface area contributed by atoms with Crippen molar-refractivity contribution in [3.05, 3.63) is 46.6 Å². The van der Waals surface area contributed by atoms with Crippen molar-refractivity contribution in [1.29, 1.82) is 15.8 Å². The van der Waals surface area contributed by atoms with E-state index in [0.717, 1.165) is 0 Å². The van der Waals surface area contributed by atoms with Crippen LogP contribution in [0, 0.1) is 39.9 Å². The maximum Gasteiger partial charge on any atom is 0.337 e. The van der Waals surface area contributed by atoms with E-state index in [-0.39, 0.29) is 18.1 Å². The summed E-state index contributed by atoms with van der Waals surface area (Å²) >= 11 is 0. The van der Waals surface area contributed by atoms with Crippen LogP contribution in [0.15, 0.2) is 41.0 Å². The summed E-state index contributed by atoms with van der Waals surface area (Å²) in [7, 11) is 0. The lowest BCUT2D eigenvalue weighted by molar-refractivity contribution is -0.394.